The molecule has 27 heavy (non-hydrogen) atoms. The fourth-order valence-electron chi connectivity index (χ4n) is 3.22. The van der Waals surface area contributed by atoms with Crippen LogP contribution in [0.4, 0.5) is 0 Å². The van der Waals surface area contributed by atoms with Crippen LogP contribution in [0.1, 0.15) is 28.8 Å². The van der Waals surface area contributed by atoms with Crippen LogP contribution in [0, 0.1) is 0 Å². The number of phenolic OH excluding ortho intramolecular Hbond substituents is 1. The average molecular weight is 382 g/mol. The number of amides is 1. The first-order chi connectivity index (χ1) is 13.1. The van der Waals surface area contributed by atoms with E-state index in [-0.39, 0.29) is 17.9 Å². The Morgan fingerprint density at radius 2 is 2.07 bits per heavy atom. The number of nitrogens with one attached hydrogen (secondary N) is 1. The minimum Gasteiger partial charge on any atom is -0.508 e. The number of phenols is 1. The summed E-state index contributed by atoms with van der Waals surface area (Å²) in [6.45, 7) is -0.140. The fraction of sp³-hybridized carbons (Fsp3) is 0.263. The SMILES string of the molecule is O=C(Cn1cnc2sc3c(c2c1=O)CCCC3)N/N=C/c1ccc(O)cc1. The number of benzene rings is 1. The maximum absolute atomic E-state index is 12.8. The van der Waals surface area contributed by atoms with Crippen molar-refractivity contribution in [3.05, 3.63) is 57.0 Å². The van der Waals surface area contributed by atoms with Gasteiger partial charge in [-0.2, -0.15) is 5.10 Å². The Balaban J connectivity index is 1.49. The Labute approximate surface area is 159 Å². The van der Waals surface area contributed by atoms with Crippen LogP contribution >= 0.6 is 11.3 Å². The van der Waals surface area contributed by atoms with Crippen molar-refractivity contribution >= 4 is 33.7 Å². The van der Waals surface area contributed by atoms with E-state index in [4.69, 9.17) is 0 Å². The first-order valence-electron chi connectivity index (χ1n) is 8.72. The topological polar surface area (TPSA) is 96.6 Å². The third-order valence-electron chi connectivity index (χ3n) is 4.55. The summed E-state index contributed by atoms with van der Waals surface area (Å²) in [6.07, 6.45) is 7.03. The summed E-state index contributed by atoms with van der Waals surface area (Å²) >= 11 is 1.59. The number of fused-ring (bicyclic) bond motifs is 3. The van der Waals surface area contributed by atoms with Crippen molar-refractivity contribution < 1.29 is 9.90 Å². The van der Waals surface area contributed by atoms with E-state index in [1.807, 2.05) is 0 Å². The molecule has 0 fully saturated rings. The van der Waals surface area contributed by atoms with Gasteiger partial charge in [0.1, 0.15) is 17.1 Å². The van der Waals surface area contributed by atoms with Crippen molar-refractivity contribution in [2.45, 2.75) is 32.2 Å². The summed E-state index contributed by atoms with van der Waals surface area (Å²) < 4.78 is 1.33. The van der Waals surface area contributed by atoms with Crippen LogP contribution in [0.3, 0.4) is 0 Å². The van der Waals surface area contributed by atoms with Crippen LogP contribution in [-0.4, -0.2) is 26.8 Å². The molecule has 0 radical (unpaired) electrons. The maximum Gasteiger partial charge on any atom is 0.262 e. The van der Waals surface area contributed by atoms with E-state index in [9.17, 15) is 14.7 Å². The number of carbonyl (C=O) groups excluding carboxylic acids is 1. The van der Waals surface area contributed by atoms with Gasteiger partial charge in [0.15, 0.2) is 0 Å². The average Bonchev–Trinajstić information content (AvgIpc) is 3.05. The number of carbonyl (C=O) groups is 1. The zero-order valence-corrected chi connectivity index (χ0v) is 15.3. The van der Waals surface area contributed by atoms with Crippen molar-refractivity contribution in [3.8, 4) is 5.75 Å². The third kappa shape index (κ3) is 3.61. The van der Waals surface area contributed by atoms with E-state index >= 15 is 0 Å². The Hall–Kier alpha value is -3.00. The molecule has 0 unspecified atom stereocenters. The molecule has 1 aromatic carbocycles. The quantitative estimate of drug-likeness (QED) is 0.534. The molecule has 4 rings (SSSR count). The van der Waals surface area contributed by atoms with Crippen molar-refractivity contribution in [1.29, 1.82) is 0 Å². The second kappa shape index (κ2) is 7.32. The maximum atomic E-state index is 12.8. The number of thiophene rings is 1. The molecule has 0 spiro atoms. The van der Waals surface area contributed by atoms with Gasteiger partial charge in [0.05, 0.1) is 17.9 Å². The van der Waals surface area contributed by atoms with Crippen molar-refractivity contribution in [1.82, 2.24) is 15.0 Å². The van der Waals surface area contributed by atoms with Crippen LogP contribution < -0.4 is 11.0 Å². The summed E-state index contributed by atoms with van der Waals surface area (Å²) in [5, 5.41) is 13.8. The molecule has 1 amide bonds. The molecule has 8 heteroatoms. The molecule has 2 N–H and O–H groups in total. The van der Waals surface area contributed by atoms with Gasteiger partial charge in [0, 0.05) is 4.88 Å². The highest BCUT2D eigenvalue weighted by Gasteiger charge is 2.20. The van der Waals surface area contributed by atoms with Gasteiger partial charge in [-0.25, -0.2) is 10.4 Å². The van der Waals surface area contributed by atoms with E-state index < -0.39 is 5.91 Å². The highest BCUT2D eigenvalue weighted by atomic mass is 32.1. The number of hydrogen-bond donors (Lipinski definition) is 2. The van der Waals surface area contributed by atoms with Gasteiger partial charge in [0.25, 0.3) is 11.5 Å². The van der Waals surface area contributed by atoms with Crippen molar-refractivity contribution in [3.63, 3.8) is 0 Å². The zero-order valence-electron chi connectivity index (χ0n) is 14.5. The summed E-state index contributed by atoms with van der Waals surface area (Å²) in [5.41, 5.74) is 4.08. The van der Waals surface area contributed by atoms with Gasteiger partial charge >= 0.3 is 0 Å². The number of hydrazone groups is 1. The molecule has 0 saturated carbocycles. The predicted octanol–water partition coefficient (Wildman–Crippen LogP) is 2.19. The molecule has 7 nitrogen and oxygen atoms in total. The lowest BCUT2D eigenvalue weighted by atomic mass is 9.97. The highest BCUT2D eigenvalue weighted by molar-refractivity contribution is 7.18. The number of rotatable bonds is 4. The van der Waals surface area contributed by atoms with Crippen molar-refractivity contribution in [2.75, 3.05) is 0 Å². The highest BCUT2D eigenvalue weighted by Crippen LogP contribution is 2.33. The smallest absolute Gasteiger partial charge is 0.262 e. The van der Waals surface area contributed by atoms with Gasteiger partial charge in [0.2, 0.25) is 0 Å². The van der Waals surface area contributed by atoms with Gasteiger partial charge in [-0.1, -0.05) is 0 Å². The van der Waals surface area contributed by atoms with E-state index in [0.29, 0.717) is 5.39 Å². The second-order valence-corrected chi connectivity index (χ2v) is 7.54. The minimum atomic E-state index is -0.405. The molecule has 0 aliphatic heterocycles. The molecule has 0 atom stereocenters. The van der Waals surface area contributed by atoms with Gasteiger partial charge in [-0.15, -0.1) is 11.3 Å². The van der Waals surface area contributed by atoms with Crippen LogP contribution in [0.25, 0.3) is 10.2 Å². The standard InChI is InChI=1S/C19H18N4O3S/c24-13-7-5-12(6-8-13)9-21-22-16(25)10-23-11-20-18-17(19(23)26)14-3-1-2-4-15(14)27-18/h5-9,11,24H,1-4,10H2,(H,22,25)/b21-9+. The Morgan fingerprint density at radius 1 is 1.30 bits per heavy atom. The minimum absolute atomic E-state index is 0.140. The summed E-state index contributed by atoms with van der Waals surface area (Å²) in [6, 6.07) is 6.41. The molecule has 138 valence electrons. The summed E-state index contributed by atoms with van der Waals surface area (Å²) in [4.78, 5) is 31.3. The molecule has 3 aromatic rings. The second-order valence-electron chi connectivity index (χ2n) is 6.45. The molecule has 1 aliphatic carbocycles. The number of hydrogen-bond acceptors (Lipinski definition) is 6. The normalized spacial score (nSPS) is 13.8. The van der Waals surface area contributed by atoms with Crippen LogP contribution in [0.2, 0.25) is 0 Å². The lowest BCUT2D eigenvalue weighted by Gasteiger charge is -2.10. The van der Waals surface area contributed by atoms with E-state index in [1.165, 1.54) is 34.1 Å². The van der Waals surface area contributed by atoms with Gasteiger partial charge in [-0.3, -0.25) is 14.2 Å². The number of aromatic hydroxyl groups is 1. The molecule has 1 aliphatic rings. The molecule has 2 aromatic heterocycles. The predicted molar refractivity (Wildman–Crippen MR) is 104 cm³/mol. The van der Waals surface area contributed by atoms with Crippen LogP contribution in [0.5, 0.6) is 5.75 Å². The Kier molecular flexibility index (Phi) is 4.72. The lowest BCUT2D eigenvalue weighted by molar-refractivity contribution is -0.121. The molecule has 2 heterocycles. The first kappa shape index (κ1) is 17.4. The largest absolute Gasteiger partial charge is 0.508 e. The van der Waals surface area contributed by atoms with Gasteiger partial charge < -0.3 is 5.11 Å². The zero-order chi connectivity index (χ0) is 18.8. The monoisotopic (exact) mass is 382 g/mol. The Morgan fingerprint density at radius 3 is 2.89 bits per heavy atom. The van der Waals surface area contributed by atoms with E-state index in [1.54, 1.807) is 23.5 Å². The molecular formula is C19H18N4O3S. The Bertz CT molecular complexity index is 1080. The van der Waals surface area contributed by atoms with Crippen molar-refractivity contribution in [2.24, 2.45) is 5.10 Å². The third-order valence-corrected chi connectivity index (χ3v) is 5.75. The summed E-state index contributed by atoms with van der Waals surface area (Å²) in [7, 11) is 0. The number of aromatic nitrogens is 2. The number of aryl methyl sites for hydroxylation is 2. The van der Waals surface area contributed by atoms with Crippen LogP contribution in [0.15, 0.2) is 40.5 Å². The number of nitrogens with zero attached hydrogens (tertiary/aromatic N) is 3. The van der Waals surface area contributed by atoms with Gasteiger partial charge in [-0.05, 0) is 61.1 Å². The molecular weight excluding hydrogens is 364 g/mol. The first-order valence-corrected chi connectivity index (χ1v) is 9.54. The lowest BCUT2D eigenvalue weighted by Crippen LogP contribution is -2.30. The van der Waals surface area contributed by atoms with E-state index in [2.05, 4.69) is 15.5 Å². The molecule has 0 bridgehead atoms. The fourth-order valence-corrected chi connectivity index (χ4v) is 4.44. The molecule has 0 saturated heterocycles. The van der Waals surface area contributed by atoms with E-state index in [0.717, 1.165) is 41.6 Å². The summed E-state index contributed by atoms with van der Waals surface area (Å²) in [5.74, 6) is -0.244. The van der Waals surface area contributed by atoms with Crippen LogP contribution in [-0.2, 0) is 24.2 Å².